The van der Waals surface area contributed by atoms with Gasteiger partial charge in [-0.1, -0.05) is 71.7 Å². The summed E-state index contributed by atoms with van der Waals surface area (Å²) < 4.78 is 0. The van der Waals surface area contributed by atoms with Crippen LogP contribution in [-0.4, -0.2) is 45.1 Å². The minimum Gasteiger partial charge on any atom is -0.478 e. The summed E-state index contributed by atoms with van der Waals surface area (Å²) in [4.78, 5) is 23.1. The molecule has 0 atom stereocenters. The smallest absolute Gasteiger partial charge is 0.336 e. The first-order valence-electron chi connectivity index (χ1n) is 14.0. The number of hydrogen-bond acceptors (Lipinski definition) is 5. The molecule has 0 saturated carbocycles. The number of nitrogens with zero attached hydrogens (tertiary/aromatic N) is 3. The molecule has 1 aliphatic rings. The number of halogens is 2. The van der Waals surface area contributed by atoms with Crippen LogP contribution in [-0.2, 0) is 6.54 Å². The maximum atomic E-state index is 11.6. The molecule has 1 aliphatic heterocycles. The number of carboxylic acids is 1. The zero-order chi connectivity index (χ0) is 29.1. The van der Waals surface area contributed by atoms with E-state index in [0.717, 1.165) is 64.9 Å². The average Bonchev–Trinajstić information content (AvgIpc) is 3.00. The zero-order valence-electron chi connectivity index (χ0n) is 22.9. The van der Waals surface area contributed by atoms with Gasteiger partial charge in [0.1, 0.15) is 12.1 Å². The van der Waals surface area contributed by atoms with Crippen molar-refractivity contribution in [2.75, 3.05) is 18.4 Å². The van der Waals surface area contributed by atoms with Gasteiger partial charge in [0, 0.05) is 47.0 Å². The first-order valence-corrected chi connectivity index (χ1v) is 14.8. The molecule has 0 unspecified atom stereocenters. The van der Waals surface area contributed by atoms with E-state index in [9.17, 15) is 9.90 Å². The first-order chi connectivity index (χ1) is 20.4. The molecule has 0 bridgehead atoms. The Labute approximate surface area is 255 Å². The van der Waals surface area contributed by atoms with Gasteiger partial charge in [-0.3, -0.25) is 4.90 Å². The maximum absolute atomic E-state index is 11.6. The third-order valence-electron chi connectivity index (χ3n) is 7.97. The molecule has 2 heterocycles. The van der Waals surface area contributed by atoms with Crippen molar-refractivity contribution in [3.63, 3.8) is 0 Å². The fourth-order valence-corrected chi connectivity index (χ4v) is 6.05. The molecule has 1 fully saturated rings. The van der Waals surface area contributed by atoms with Gasteiger partial charge in [0.25, 0.3) is 0 Å². The minimum absolute atomic E-state index is 0.0195. The van der Waals surface area contributed by atoms with Crippen molar-refractivity contribution in [3.05, 3.63) is 135 Å². The summed E-state index contributed by atoms with van der Waals surface area (Å²) in [5.41, 5.74) is 5.48. The van der Waals surface area contributed by atoms with Gasteiger partial charge in [0.2, 0.25) is 0 Å². The molecule has 2 N–H and O–H groups in total. The number of piperidine rings is 1. The summed E-state index contributed by atoms with van der Waals surface area (Å²) in [6, 6.07) is 29.8. The van der Waals surface area contributed by atoms with E-state index in [0.29, 0.717) is 22.2 Å². The van der Waals surface area contributed by atoms with Crippen LogP contribution in [0.2, 0.25) is 10.0 Å². The second kappa shape index (κ2) is 12.5. The fourth-order valence-electron chi connectivity index (χ4n) is 5.79. The highest BCUT2D eigenvalue weighted by atomic mass is 35.5. The predicted molar refractivity (Wildman–Crippen MR) is 169 cm³/mol. The highest BCUT2D eigenvalue weighted by Gasteiger charge is 2.23. The molecular formula is C34H30Cl2N4O2. The van der Waals surface area contributed by atoms with Crippen molar-refractivity contribution in [1.29, 1.82) is 0 Å². The van der Waals surface area contributed by atoms with E-state index < -0.39 is 5.97 Å². The van der Waals surface area contributed by atoms with Crippen molar-refractivity contribution < 1.29 is 9.90 Å². The number of aromatic nitrogens is 2. The van der Waals surface area contributed by atoms with E-state index in [4.69, 9.17) is 23.2 Å². The van der Waals surface area contributed by atoms with Crippen LogP contribution in [0.1, 0.15) is 51.4 Å². The quantitative estimate of drug-likeness (QED) is 0.177. The van der Waals surface area contributed by atoms with E-state index in [1.807, 2.05) is 36.4 Å². The van der Waals surface area contributed by atoms with Crippen LogP contribution < -0.4 is 5.32 Å². The molecule has 5 aromatic rings. The van der Waals surface area contributed by atoms with Gasteiger partial charge < -0.3 is 10.4 Å². The number of aromatic carboxylic acids is 1. The molecular weight excluding hydrogens is 567 g/mol. The molecule has 6 rings (SSSR count). The van der Waals surface area contributed by atoms with Crippen LogP contribution >= 0.6 is 23.2 Å². The number of benzene rings is 4. The first kappa shape index (κ1) is 28.2. The maximum Gasteiger partial charge on any atom is 0.336 e. The third kappa shape index (κ3) is 6.26. The van der Waals surface area contributed by atoms with Crippen molar-refractivity contribution >= 4 is 45.9 Å². The highest BCUT2D eigenvalue weighted by Crippen LogP contribution is 2.36. The Morgan fingerprint density at radius 3 is 2.12 bits per heavy atom. The minimum atomic E-state index is -0.883. The molecule has 8 heteroatoms. The topological polar surface area (TPSA) is 78.4 Å². The highest BCUT2D eigenvalue weighted by molar-refractivity contribution is 6.30. The predicted octanol–water partition coefficient (Wildman–Crippen LogP) is 7.89. The van der Waals surface area contributed by atoms with Crippen LogP contribution in [0.3, 0.4) is 0 Å². The third-order valence-corrected chi connectivity index (χ3v) is 8.47. The van der Waals surface area contributed by atoms with Crippen LogP contribution in [0.4, 0.5) is 5.82 Å². The van der Waals surface area contributed by atoms with Crippen molar-refractivity contribution in [3.8, 4) is 0 Å². The molecule has 4 aromatic carbocycles. The van der Waals surface area contributed by atoms with E-state index >= 15 is 0 Å². The van der Waals surface area contributed by atoms with E-state index in [1.165, 1.54) is 0 Å². The van der Waals surface area contributed by atoms with Crippen LogP contribution in [0.5, 0.6) is 0 Å². The lowest BCUT2D eigenvalue weighted by atomic mass is 9.84. The fraction of sp³-hybridized carbons (Fsp3) is 0.206. The van der Waals surface area contributed by atoms with Gasteiger partial charge in [0.05, 0.1) is 11.1 Å². The van der Waals surface area contributed by atoms with Gasteiger partial charge in [-0.25, -0.2) is 14.8 Å². The number of carbonyl (C=O) groups is 1. The second-order valence-electron chi connectivity index (χ2n) is 10.7. The number of fused-ring (bicyclic) bond motifs is 1. The zero-order valence-corrected chi connectivity index (χ0v) is 24.4. The van der Waals surface area contributed by atoms with Gasteiger partial charge in [0.15, 0.2) is 0 Å². The molecule has 212 valence electrons. The number of likely N-dealkylation sites (tertiary alicyclic amines) is 1. The van der Waals surface area contributed by atoms with Gasteiger partial charge in [-0.05, 0) is 77.6 Å². The summed E-state index contributed by atoms with van der Waals surface area (Å²) in [5.74, 6) is -0.0806. The van der Waals surface area contributed by atoms with Crippen LogP contribution in [0.25, 0.3) is 10.9 Å². The molecule has 0 radical (unpaired) electrons. The number of hydrogen-bond donors (Lipinski definition) is 2. The van der Waals surface area contributed by atoms with Crippen molar-refractivity contribution in [1.82, 2.24) is 14.9 Å². The Bertz CT molecular complexity index is 1660. The van der Waals surface area contributed by atoms with Crippen molar-refractivity contribution in [2.45, 2.75) is 31.3 Å². The van der Waals surface area contributed by atoms with Crippen molar-refractivity contribution in [2.24, 2.45) is 0 Å². The van der Waals surface area contributed by atoms with E-state index in [1.54, 1.807) is 18.5 Å². The Hall–Kier alpha value is -3.97. The summed E-state index contributed by atoms with van der Waals surface area (Å²) in [6.45, 7) is 2.37. The van der Waals surface area contributed by atoms with E-state index in [-0.39, 0.29) is 12.0 Å². The monoisotopic (exact) mass is 596 g/mol. The largest absolute Gasteiger partial charge is 0.478 e. The molecule has 0 aliphatic carbocycles. The Morgan fingerprint density at radius 2 is 1.48 bits per heavy atom. The standard InChI is InChI=1S/C34H30Cl2N4O2/c35-26-10-5-22(6-11-26)32(23-7-12-27(36)13-8-23)24-9-14-31-30(19-24)33(38-21-37-31)39-28-15-17-40(18-16-28)20-25-3-1-2-4-29(25)34(41)42/h1-14,19,21,28,32H,15-18,20H2,(H,41,42)(H,37,38,39). The molecule has 6 nitrogen and oxygen atoms in total. The average molecular weight is 598 g/mol. The lowest BCUT2D eigenvalue weighted by Gasteiger charge is -2.33. The normalized spacial score (nSPS) is 14.4. The summed E-state index contributed by atoms with van der Waals surface area (Å²) >= 11 is 12.4. The Kier molecular flexibility index (Phi) is 8.38. The lowest BCUT2D eigenvalue weighted by molar-refractivity contribution is 0.0694. The van der Waals surface area contributed by atoms with Crippen LogP contribution in [0, 0.1) is 0 Å². The van der Waals surface area contributed by atoms with Gasteiger partial charge >= 0.3 is 5.97 Å². The molecule has 1 saturated heterocycles. The summed E-state index contributed by atoms with van der Waals surface area (Å²) in [5, 5.41) is 15.6. The van der Waals surface area contributed by atoms with Crippen LogP contribution in [0.15, 0.2) is 97.3 Å². The number of rotatable bonds is 8. The molecule has 1 aromatic heterocycles. The second-order valence-corrected chi connectivity index (χ2v) is 11.6. The molecule has 42 heavy (non-hydrogen) atoms. The Morgan fingerprint density at radius 1 is 0.857 bits per heavy atom. The summed E-state index contributed by atoms with van der Waals surface area (Å²) in [7, 11) is 0. The number of carboxylic acid groups (broad SMARTS) is 1. The SMILES string of the molecule is O=C(O)c1ccccc1CN1CCC(Nc2ncnc3ccc(C(c4ccc(Cl)cc4)c4ccc(Cl)cc4)cc23)CC1. The lowest BCUT2D eigenvalue weighted by Crippen LogP contribution is -2.39. The van der Waals surface area contributed by atoms with E-state index in [2.05, 4.69) is 62.6 Å². The van der Waals surface area contributed by atoms with Gasteiger partial charge in [-0.2, -0.15) is 0 Å². The number of anilines is 1. The summed E-state index contributed by atoms with van der Waals surface area (Å²) in [6.07, 6.45) is 3.47. The number of nitrogens with one attached hydrogen (secondary N) is 1. The van der Waals surface area contributed by atoms with Gasteiger partial charge in [-0.15, -0.1) is 0 Å². The molecule has 0 spiro atoms. The molecule has 0 amide bonds. The Balaban J connectivity index is 1.23.